The van der Waals surface area contributed by atoms with Crippen LogP contribution in [0.15, 0.2) is 65.5 Å². The maximum absolute atomic E-state index is 6.31. The van der Waals surface area contributed by atoms with E-state index in [0.29, 0.717) is 0 Å². The van der Waals surface area contributed by atoms with Gasteiger partial charge in [-0.3, -0.25) is 0 Å². The minimum Gasteiger partial charge on any atom is -0.472 e. The highest BCUT2D eigenvalue weighted by Gasteiger charge is 2.10. The Morgan fingerprint density at radius 1 is 1.00 bits per heavy atom. The summed E-state index contributed by atoms with van der Waals surface area (Å²) in [5.41, 5.74) is 8.63. The first kappa shape index (κ1) is 11.1. The molecule has 0 aliphatic carbocycles. The van der Waals surface area contributed by atoms with Crippen molar-refractivity contribution in [2.45, 2.75) is 12.5 Å². The Morgan fingerprint density at radius 2 is 1.83 bits per heavy atom. The van der Waals surface area contributed by atoms with Crippen molar-refractivity contribution < 1.29 is 4.42 Å². The van der Waals surface area contributed by atoms with Crippen LogP contribution in [-0.2, 0) is 6.42 Å². The molecular formula is C16H15NO. The lowest BCUT2D eigenvalue weighted by Crippen LogP contribution is -2.13. The van der Waals surface area contributed by atoms with E-state index >= 15 is 0 Å². The van der Waals surface area contributed by atoms with Crippen molar-refractivity contribution in [1.29, 1.82) is 0 Å². The lowest BCUT2D eigenvalue weighted by Gasteiger charge is -2.13. The zero-order valence-corrected chi connectivity index (χ0v) is 10.0. The molecule has 0 radical (unpaired) electrons. The molecule has 0 aliphatic heterocycles. The van der Waals surface area contributed by atoms with Gasteiger partial charge in [-0.2, -0.15) is 0 Å². The normalized spacial score (nSPS) is 12.7. The molecular weight excluding hydrogens is 222 g/mol. The summed E-state index contributed by atoms with van der Waals surface area (Å²) < 4.78 is 5.08. The van der Waals surface area contributed by atoms with E-state index in [1.165, 1.54) is 16.3 Å². The average molecular weight is 237 g/mol. The molecule has 0 saturated heterocycles. The van der Waals surface area contributed by atoms with Gasteiger partial charge >= 0.3 is 0 Å². The summed E-state index contributed by atoms with van der Waals surface area (Å²) in [4.78, 5) is 0. The Bertz CT molecular complexity index is 638. The molecule has 0 fully saturated rings. The Kier molecular flexibility index (Phi) is 2.87. The number of benzene rings is 2. The zero-order chi connectivity index (χ0) is 12.4. The summed E-state index contributed by atoms with van der Waals surface area (Å²) in [6, 6.07) is 16.6. The molecule has 2 N–H and O–H groups in total. The molecule has 0 bridgehead atoms. The minimum atomic E-state index is -0.00583. The molecule has 3 aromatic rings. The van der Waals surface area contributed by atoms with E-state index < -0.39 is 0 Å². The number of fused-ring (bicyclic) bond motifs is 1. The van der Waals surface area contributed by atoms with Crippen LogP contribution in [0.1, 0.15) is 17.2 Å². The van der Waals surface area contributed by atoms with E-state index in [2.05, 4.69) is 36.4 Å². The van der Waals surface area contributed by atoms with E-state index in [-0.39, 0.29) is 6.04 Å². The van der Waals surface area contributed by atoms with Crippen LogP contribution in [0.2, 0.25) is 0 Å². The Balaban J connectivity index is 1.98. The Labute approximate surface area is 106 Å². The summed E-state index contributed by atoms with van der Waals surface area (Å²) in [5.74, 6) is 0. The summed E-state index contributed by atoms with van der Waals surface area (Å²) in [6.07, 6.45) is 4.24. The second-order valence-electron chi connectivity index (χ2n) is 4.51. The van der Waals surface area contributed by atoms with Gasteiger partial charge in [0.25, 0.3) is 0 Å². The Morgan fingerprint density at radius 3 is 2.67 bits per heavy atom. The zero-order valence-electron chi connectivity index (χ0n) is 10.0. The van der Waals surface area contributed by atoms with Gasteiger partial charge in [-0.05, 0) is 34.4 Å². The molecule has 2 heteroatoms. The number of nitrogens with two attached hydrogens (primary N) is 1. The third-order valence-electron chi connectivity index (χ3n) is 3.26. The van der Waals surface area contributed by atoms with Crippen LogP contribution in [0.5, 0.6) is 0 Å². The summed E-state index contributed by atoms with van der Waals surface area (Å²) in [7, 11) is 0. The third-order valence-corrected chi connectivity index (χ3v) is 3.26. The fourth-order valence-corrected chi connectivity index (χ4v) is 2.35. The number of hydrogen-bond acceptors (Lipinski definition) is 2. The lowest BCUT2D eigenvalue weighted by atomic mass is 9.96. The molecule has 90 valence electrons. The monoisotopic (exact) mass is 237 g/mol. The largest absolute Gasteiger partial charge is 0.472 e. The van der Waals surface area contributed by atoms with Gasteiger partial charge in [0.1, 0.15) is 0 Å². The molecule has 2 aromatic carbocycles. The van der Waals surface area contributed by atoms with Crippen LogP contribution in [0.3, 0.4) is 0 Å². The first-order valence-corrected chi connectivity index (χ1v) is 6.09. The molecule has 1 aromatic heterocycles. The molecule has 3 rings (SSSR count). The molecule has 0 amide bonds. The van der Waals surface area contributed by atoms with Crippen molar-refractivity contribution in [3.8, 4) is 0 Å². The van der Waals surface area contributed by atoms with Crippen molar-refractivity contribution in [3.05, 3.63) is 72.2 Å². The van der Waals surface area contributed by atoms with Crippen molar-refractivity contribution in [2.75, 3.05) is 0 Å². The SMILES string of the molecule is NC(Cc1ccoc1)c1cccc2ccccc12. The molecule has 2 nitrogen and oxygen atoms in total. The summed E-state index contributed by atoms with van der Waals surface area (Å²) >= 11 is 0. The molecule has 0 aliphatic rings. The predicted octanol–water partition coefficient (Wildman–Crippen LogP) is 3.68. The predicted molar refractivity (Wildman–Crippen MR) is 73.3 cm³/mol. The molecule has 1 unspecified atom stereocenters. The fourth-order valence-electron chi connectivity index (χ4n) is 2.35. The molecule has 0 saturated carbocycles. The molecule has 18 heavy (non-hydrogen) atoms. The van der Waals surface area contributed by atoms with Crippen LogP contribution in [-0.4, -0.2) is 0 Å². The standard InChI is InChI=1S/C16H15NO/c17-16(10-12-8-9-18-11-12)15-7-3-5-13-4-1-2-6-14(13)15/h1-9,11,16H,10,17H2. The molecule has 1 atom stereocenters. The van der Waals surface area contributed by atoms with E-state index in [9.17, 15) is 0 Å². The first-order chi connectivity index (χ1) is 8.84. The van der Waals surface area contributed by atoms with Crippen LogP contribution < -0.4 is 5.73 Å². The molecule has 0 spiro atoms. The van der Waals surface area contributed by atoms with Gasteiger partial charge < -0.3 is 10.2 Å². The highest BCUT2D eigenvalue weighted by molar-refractivity contribution is 5.86. The molecule has 1 heterocycles. The van der Waals surface area contributed by atoms with E-state index in [1.807, 2.05) is 12.1 Å². The van der Waals surface area contributed by atoms with Crippen LogP contribution in [0, 0.1) is 0 Å². The maximum atomic E-state index is 6.31. The van der Waals surface area contributed by atoms with Gasteiger partial charge in [0.15, 0.2) is 0 Å². The highest BCUT2D eigenvalue weighted by Crippen LogP contribution is 2.25. The van der Waals surface area contributed by atoms with Crippen molar-refractivity contribution >= 4 is 10.8 Å². The summed E-state index contributed by atoms with van der Waals surface area (Å²) in [6.45, 7) is 0. The van der Waals surface area contributed by atoms with Crippen LogP contribution in [0.4, 0.5) is 0 Å². The van der Waals surface area contributed by atoms with Crippen molar-refractivity contribution in [1.82, 2.24) is 0 Å². The van der Waals surface area contributed by atoms with Gasteiger partial charge in [0.2, 0.25) is 0 Å². The van der Waals surface area contributed by atoms with Gasteiger partial charge in [0.05, 0.1) is 12.5 Å². The van der Waals surface area contributed by atoms with Gasteiger partial charge in [-0.25, -0.2) is 0 Å². The smallest absolute Gasteiger partial charge is 0.0935 e. The Hall–Kier alpha value is -2.06. The summed E-state index contributed by atoms with van der Waals surface area (Å²) in [5, 5.41) is 2.47. The van der Waals surface area contributed by atoms with Crippen LogP contribution in [0.25, 0.3) is 10.8 Å². The number of furan rings is 1. The van der Waals surface area contributed by atoms with Crippen molar-refractivity contribution in [2.24, 2.45) is 5.73 Å². The second-order valence-corrected chi connectivity index (χ2v) is 4.51. The number of rotatable bonds is 3. The first-order valence-electron chi connectivity index (χ1n) is 6.09. The quantitative estimate of drug-likeness (QED) is 0.754. The highest BCUT2D eigenvalue weighted by atomic mass is 16.3. The van der Waals surface area contributed by atoms with Gasteiger partial charge in [-0.1, -0.05) is 42.5 Å². The van der Waals surface area contributed by atoms with Gasteiger partial charge in [-0.15, -0.1) is 0 Å². The third kappa shape index (κ3) is 2.03. The van der Waals surface area contributed by atoms with Crippen LogP contribution >= 0.6 is 0 Å². The minimum absolute atomic E-state index is 0.00583. The average Bonchev–Trinajstić information content (AvgIpc) is 2.91. The second kappa shape index (κ2) is 4.67. The van der Waals surface area contributed by atoms with Gasteiger partial charge in [0, 0.05) is 6.04 Å². The van der Waals surface area contributed by atoms with E-state index in [0.717, 1.165) is 12.0 Å². The van der Waals surface area contributed by atoms with Crippen molar-refractivity contribution in [3.63, 3.8) is 0 Å². The topological polar surface area (TPSA) is 39.2 Å². The lowest BCUT2D eigenvalue weighted by molar-refractivity contribution is 0.561. The number of hydrogen-bond donors (Lipinski definition) is 1. The van der Waals surface area contributed by atoms with E-state index in [1.54, 1.807) is 12.5 Å². The maximum Gasteiger partial charge on any atom is 0.0935 e. The van der Waals surface area contributed by atoms with E-state index in [4.69, 9.17) is 10.2 Å². The fraction of sp³-hybridized carbons (Fsp3) is 0.125.